The van der Waals surface area contributed by atoms with Crippen molar-refractivity contribution in [1.29, 1.82) is 0 Å². The lowest BCUT2D eigenvalue weighted by Gasteiger charge is -2.36. The van der Waals surface area contributed by atoms with Crippen LogP contribution < -0.4 is 9.64 Å². The monoisotopic (exact) mass is 520 g/mol. The summed E-state index contributed by atoms with van der Waals surface area (Å²) in [5, 5.41) is 1.25. The molecule has 7 nitrogen and oxygen atoms in total. The number of imidazole rings is 1. The Morgan fingerprint density at radius 1 is 1.00 bits per heavy atom. The number of benzene rings is 2. The number of piperazine rings is 1. The molecule has 39 heavy (non-hydrogen) atoms. The third-order valence-electron chi connectivity index (χ3n) is 8.35. The molecule has 2 fully saturated rings. The topological polar surface area (TPSA) is 58.8 Å². The summed E-state index contributed by atoms with van der Waals surface area (Å²) >= 11 is 0. The molecule has 0 spiro atoms. The number of ether oxygens (including phenoxy) is 1. The summed E-state index contributed by atoms with van der Waals surface area (Å²) in [6.45, 7) is 10.7. The van der Waals surface area contributed by atoms with Gasteiger partial charge in [-0.3, -0.25) is 19.4 Å². The average molecular weight is 521 g/mol. The van der Waals surface area contributed by atoms with Crippen LogP contribution in [-0.4, -0.2) is 64.4 Å². The molecular formula is C32H36N6O. The van der Waals surface area contributed by atoms with Crippen LogP contribution in [0.2, 0.25) is 0 Å². The maximum absolute atomic E-state index is 6.42. The van der Waals surface area contributed by atoms with Crippen molar-refractivity contribution < 1.29 is 4.74 Å². The van der Waals surface area contributed by atoms with Gasteiger partial charge in [0.2, 0.25) is 0 Å². The van der Waals surface area contributed by atoms with Crippen molar-refractivity contribution in [1.82, 2.24) is 19.4 Å². The molecule has 0 atom stereocenters. The number of nitrogens with zero attached hydrogens (tertiary/aromatic N) is 6. The molecule has 2 aromatic heterocycles. The molecule has 0 radical (unpaired) electrons. The standard InChI is InChI=1S/C32H36N6O/c1-3-33-30(23-11-12-23)31-29-20-39-32-24(6-4-9-28(32)38(29)21-34-31)14-15-36-16-18-37(19-17-36)27-8-5-7-26-25(27)13-10-22(2)35-26/h4-10,13,21,23H,3,11-12,14-20H2,1-2H3. The fourth-order valence-electron chi connectivity index (χ4n) is 6.13. The molecule has 0 unspecified atom stereocenters. The Kier molecular flexibility index (Phi) is 6.31. The number of hydrogen-bond acceptors (Lipinski definition) is 6. The Morgan fingerprint density at radius 2 is 1.82 bits per heavy atom. The first kappa shape index (κ1) is 24.3. The quantitative estimate of drug-likeness (QED) is 0.313. The molecule has 2 aromatic carbocycles. The van der Waals surface area contributed by atoms with Gasteiger partial charge in [0, 0.05) is 62.0 Å². The highest BCUT2D eigenvalue weighted by atomic mass is 16.5. The van der Waals surface area contributed by atoms with Gasteiger partial charge < -0.3 is 9.64 Å². The van der Waals surface area contributed by atoms with Gasteiger partial charge in [0.25, 0.3) is 0 Å². The summed E-state index contributed by atoms with van der Waals surface area (Å²) in [6, 6.07) is 17.3. The van der Waals surface area contributed by atoms with E-state index in [0.29, 0.717) is 12.5 Å². The third kappa shape index (κ3) is 4.59. The molecule has 4 heterocycles. The molecule has 200 valence electrons. The van der Waals surface area contributed by atoms with Gasteiger partial charge in [-0.25, -0.2) is 4.98 Å². The van der Waals surface area contributed by atoms with Gasteiger partial charge >= 0.3 is 0 Å². The zero-order valence-corrected chi connectivity index (χ0v) is 22.9. The van der Waals surface area contributed by atoms with Gasteiger partial charge in [0.05, 0.1) is 22.6 Å². The van der Waals surface area contributed by atoms with Crippen molar-refractivity contribution in [2.75, 3.05) is 44.2 Å². The third-order valence-corrected chi connectivity index (χ3v) is 8.35. The first-order valence-electron chi connectivity index (χ1n) is 14.4. The lowest BCUT2D eigenvalue weighted by Crippen LogP contribution is -2.47. The van der Waals surface area contributed by atoms with Crippen molar-refractivity contribution >= 4 is 22.3 Å². The lowest BCUT2D eigenvalue weighted by molar-refractivity contribution is 0.255. The van der Waals surface area contributed by atoms with E-state index in [0.717, 1.165) is 79.7 Å². The average Bonchev–Trinajstić information content (AvgIpc) is 3.72. The second kappa shape index (κ2) is 10.1. The number of aromatic nitrogens is 3. The zero-order chi connectivity index (χ0) is 26.3. The van der Waals surface area contributed by atoms with Gasteiger partial charge in [0.15, 0.2) is 0 Å². The Morgan fingerprint density at radius 3 is 2.64 bits per heavy atom. The van der Waals surface area contributed by atoms with Crippen molar-refractivity contribution in [3.8, 4) is 11.4 Å². The second-order valence-electron chi connectivity index (χ2n) is 11.0. The molecule has 0 amide bonds. The first-order chi connectivity index (χ1) is 19.2. The summed E-state index contributed by atoms with van der Waals surface area (Å²) in [4.78, 5) is 19.4. The molecule has 7 heteroatoms. The minimum atomic E-state index is 0.549. The first-order valence-corrected chi connectivity index (χ1v) is 14.4. The second-order valence-corrected chi connectivity index (χ2v) is 11.0. The van der Waals surface area contributed by atoms with Crippen LogP contribution in [0.25, 0.3) is 16.6 Å². The van der Waals surface area contributed by atoms with Crippen LogP contribution in [0.3, 0.4) is 0 Å². The maximum Gasteiger partial charge on any atom is 0.147 e. The largest absolute Gasteiger partial charge is 0.485 e. The fourth-order valence-corrected chi connectivity index (χ4v) is 6.13. The number of aliphatic imine (C=N–C) groups is 1. The molecule has 0 bridgehead atoms. The van der Waals surface area contributed by atoms with Crippen LogP contribution in [0.5, 0.6) is 5.75 Å². The molecule has 1 saturated heterocycles. The molecule has 2 aliphatic heterocycles. The van der Waals surface area contributed by atoms with E-state index in [9.17, 15) is 0 Å². The number of para-hydroxylation sites is 1. The molecule has 1 saturated carbocycles. The molecule has 0 N–H and O–H groups in total. The molecular weight excluding hydrogens is 484 g/mol. The number of fused-ring (bicyclic) bond motifs is 4. The van der Waals surface area contributed by atoms with E-state index in [1.54, 1.807) is 0 Å². The summed E-state index contributed by atoms with van der Waals surface area (Å²) in [5.74, 6) is 1.57. The van der Waals surface area contributed by atoms with Crippen LogP contribution >= 0.6 is 0 Å². The fraction of sp³-hybridized carbons (Fsp3) is 0.406. The van der Waals surface area contributed by atoms with E-state index in [1.165, 1.54) is 35.2 Å². The molecule has 4 aromatic rings. The SMILES string of the molecule is CCN=C(c1ncn2c1COc1c(CCN3CCN(c4cccc5nc(C)ccc45)CC3)cccc1-2)C1CC1. The Hall–Kier alpha value is -3.71. The highest BCUT2D eigenvalue weighted by Crippen LogP contribution is 2.38. The number of rotatable bonds is 7. The van der Waals surface area contributed by atoms with E-state index >= 15 is 0 Å². The zero-order valence-electron chi connectivity index (χ0n) is 22.9. The van der Waals surface area contributed by atoms with Crippen molar-refractivity contribution in [2.45, 2.75) is 39.7 Å². The normalized spacial score (nSPS) is 17.7. The Bertz CT molecular complexity index is 1540. The van der Waals surface area contributed by atoms with Crippen LogP contribution in [0.15, 0.2) is 59.9 Å². The highest BCUT2D eigenvalue weighted by molar-refractivity contribution is 6.03. The number of aryl methyl sites for hydroxylation is 1. The minimum Gasteiger partial charge on any atom is -0.485 e. The van der Waals surface area contributed by atoms with Gasteiger partial charge in [0.1, 0.15) is 24.4 Å². The lowest BCUT2D eigenvalue weighted by atomic mass is 10.1. The van der Waals surface area contributed by atoms with Crippen LogP contribution in [-0.2, 0) is 13.0 Å². The van der Waals surface area contributed by atoms with Crippen molar-refractivity contribution in [3.63, 3.8) is 0 Å². The minimum absolute atomic E-state index is 0.549. The molecule has 7 rings (SSSR count). The van der Waals surface area contributed by atoms with Crippen LogP contribution in [0.4, 0.5) is 5.69 Å². The van der Waals surface area contributed by atoms with E-state index in [4.69, 9.17) is 19.7 Å². The van der Waals surface area contributed by atoms with E-state index < -0.39 is 0 Å². The summed E-state index contributed by atoms with van der Waals surface area (Å²) in [6.07, 6.45) is 5.38. The van der Waals surface area contributed by atoms with Crippen molar-refractivity contribution in [3.05, 3.63) is 77.5 Å². The van der Waals surface area contributed by atoms with Crippen LogP contribution in [0, 0.1) is 12.8 Å². The number of pyridine rings is 1. The maximum atomic E-state index is 6.42. The van der Waals surface area contributed by atoms with Gasteiger partial charge in [-0.15, -0.1) is 0 Å². The summed E-state index contributed by atoms with van der Waals surface area (Å²) in [7, 11) is 0. The summed E-state index contributed by atoms with van der Waals surface area (Å²) in [5.41, 5.74) is 9.16. The van der Waals surface area contributed by atoms with Gasteiger partial charge in [-0.05, 0) is 69.0 Å². The van der Waals surface area contributed by atoms with Gasteiger partial charge in [-0.2, -0.15) is 0 Å². The Balaban J connectivity index is 1.03. The highest BCUT2D eigenvalue weighted by Gasteiger charge is 2.33. The van der Waals surface area contributed by atoms with E-state index in [-0.39, 0.29) is 0 Å². The number of anilines is 1. The molecule has 3 aliphatic rings. The van der Waals surface area contributed by atoms with Crippen LogP contribution in [0.1, 0.15) is 42.4 Å². The Labute approximate surface area is 230 Å². The van der Waals surface area contributed by atoms with E-state index in [1.807, 2.05) is 6.33 Å². The van der Waals surface area contributed by atoms with E-state index in [2.05, 4.69) is 76.7 Å². The summed E-state index contributed by atoms with van der Waals surface area (Å²) < 4.78 is 8.65. The molecule has 1 aliphatic carbocycles. The van der Waals surface area contributed by atoms with Gasteiger partial charge in [-0.1, -0.05) is 18.2 Å². The smallest absolute Gasteiger partial charge is 0.147 e. The predicted molar refractivity (Wildman–Crippen MR) is 157 cm³/mol. The predicted octanol–water partition coefficient (Wildman–Crippen LogP) is 5.21. The van der Waals surface area contributed by atoms with Crippen molar-refractivity contribution in [2.24, 2.45) is 10.9 Å². The number of hydrogen-bond donors (Lipinski definition) is 0.